The summed E-state index contributed by atoms with van der Waals surface area (Å²) < 4.78 is 7.04. The fourth-order valence-corrected chi connectivity index (χ4v) is 2.04. The molecule has 2 heterocycles. The van der Waals surface area contributed by atoms with Crippen molar-refractivity contribution in [2.24, 2.45) is 5.84 Å². The minimum Gasteiger partial charge on any atom is -0.363 e. The maximum absolute atomic E-state index is 11.5. The molecule has 0 spiro atoms. The molecule has 7 heteroatoms. The van der Waals surface area contributed by atoms with Crippen molar-refractivity contribution >= 4 is 5.91 Å². The Hall–Kier alpha value is -1.73. The summed E-state index contributed by atoms with van der Waals surface area (Å²) in [6, 6.07) is 0. The highest BCUT2D eigenvalue weighted by Crippen LogP contribution is 2.20. The largest absolute Gasteiger partial charge is 0.363 e. The Morgan fingerprint density at radius 3 is 3.17 bits per heavy atom. The lowest BCUT2D eigenvalue weighted by Crippen LogP contribution is -2.39. The standard InChI is InChI=1S/C11H16N4O3/c1-7-4-13-11(17)15(5-7)6-8-2-3-9(18-8)10(16)14-12/h4-5,8-9H,2-3,6,12H2,1H3,(H,14,16). The third-order valence-electron chi connectivity index (χ3n) is 2.93. The van der Waals surface area contributed by atoms with Crippen molar-refractivity contribution in [1.82, 2.24) is 15.0 Å². The zero-order chi connectivity index (χ0) is 13.1. The number of hydrogen-bond donors (Lipinski definition) is 2. The number of nitrogens with one attached hydrogen (secondary N) is 1. The summed E-state index contributed by atoms with van der Waals surface area (Å²) in [5.41, 5.74) is 2.66. The van der Waals surface area contributed by atoms with E-state index in [-0.39, 0.29) is 17.7 Å². The summed E-state index contributed by atoms with van der Waals surface area (Å²) >= 11 is 0. The number of hydrazine groups is 1. The van der Waals surface area contributed by atoms with Gasteiger partial charge in [-0.15, -0.1) is 0 Å². The highest BCUT2D eigenvalue weighted by Gasteiger charge is 2.30. The molecule has 0 aliphatic carbocycles. The fourth-order valence-electron chi connectivity index (χ4n) is 2.04. The number of carbonyl (C=O) groups excluding carboxylic acids is 1. The molecule has 1 aromatic heterocycles. The average Bonchev–Trinajstić information content (AvgIpc) is 2.81. The van der Waals surface area contributed by atoms with Crippen molar-refractivity contribution < 1.29 is 9.53 Å². The van der Waals surface area contributed by atoms with Gasteiger partial charge in [-0.3, -0.25) is 14.8 Å². The maximum atomic E-state index is 11.5. The number of amides is 1. The predicted octanol–water partition coefficient (Wildman–Crippen LogP) is -0.911. The topological polar surface area (TPSA) is 99.2 Å². The number of ether oxygens (including phenoxy) is 1. The van der Waals surface area contributed by atoms with Crippen LogP contribution in [0.5, 0.6) is 0 Å². The molecule has 1 aliphatic rings. The Labute approximate surface area is 104 Å². The van der Waals surface area contributed by atoms with Crippen molar-refractivity contribution in [2.75, 3.05) is 0 Å². The lowest BCUT2D eigenvalue weighted by atomic mass is 10.2. The van der Waals surface area contributed by atoms with Crippen LogP contribution in [0.15, 0.2) is 17.2 Å². The first-order valence-corrected chi connectivity index (χ1v) is 5.79. The molecule has 2 rings (SSSR count). The molecule has 1 aromatic rings. The van der Waals surface area contributed by atoms with Crippen molar-refractivity contribution in [3.8, 4) is 0 Å². The van der Waals surface area contributed by atoms with E-state index in [1.54, 1.807) is 6.20 Å². The predicted molar refractivity (Wildman–Crippen MR) is 63.5 cm³/mol. The first-order valence-electron chi connectivity index (χ1n) is 5.79. The summed E-state index contributed by atoms with van der Waals surface area (Å²) in [5, 5.41) is 0. The molecule has 0 radical (unpaired) electrons. The summed E-state index contributed by atoms with van der Waals surface area (Å²) in [6.07, 6.45) is 3.91. The lowest BCUT2D eigenvalue weighted by molar-refractivity contribution is -0.132. The second kappa shape index (κ2) is 5.28. The van der Waals surface area contributed by atoms with E-state index < -0.39 is 6.10 Å². The van der Waals surface area contributed by atoms with Crippen molar-refractivity contribution in [3.05, 3.63) is 28.4 Å². The van der Waals surface area contributed by atoms with Crippen LogP contribution in [0.3, 0.4) is 0 Å². The van der Waals surface area contributed by atoms with Gasteiger partial charge < -0.3 is 4.74 Å². The molecule has 3 N–H and O–H groups in total. The Kier molecular flexibility index (Phi) is 3.73. The Balaban J connectivity index is 2.01. The smallest absolute Gasteiger partial charge is 0.347 e. The number of rotatable bonds is 3. The van der Waals surface area contributed by atoms with E-state index in [4.69, 9.17) is 10.6 Å². The van der Waals surface area contributed by atoms with Crippen LogP contribution in [0.2, 0.25) is 0 Å². The van der Waals surface area contributed by atoms with Crippen molar-refractivity contribution in [2.45, 2.75) is 38.5 Å². The zero-order valence-electron chi connectivity index (χ0n) is 10.1. The summed E-state index contributed by atoms with van der Waals surface area (Å²) in [4.78, 5) is 26.6. The number of hydrogen-bond acceptors (Lipinski definition) is 5. The molecule has 2 atom stereocenters. The van der Waals surface area contributed by atoms with Gasteiger partial charge in [0, 0.05) is 12.4 Å². The SMILES string of the molecule is Cc1cnc(=O)n(CC2CCC(C(=O)NN)O2)c1. The molecule has 18 heavy (non-hydrogen) atoms. The molecule has 0 bridgehead atoms. The van der Waals surface area contributed by atoms with E-state index in [0.717, 1.165) is 12.0 Å². The highest BCUT2D eigenvalue weighted by atomic mass is 16.5. The molecular formula is C11H16N4O3. The second-order valence-corrected chi connectivity index (χ2v) is 4.40. The summed E-state index contributed by atoms with van der Waals surface area (Å²) in [7, 11) is 0. The minimum absolute atomic E-state index is 0.159. The molecule has 2 unspecified atom stereocenters. The Morgan fingerprint density at radius 1 is 1.67 bits per heavy atom. The van der Waals surface area contributed by atoms with Gasteiger partial charge in [0.25, 0.3) is 5.91 Å². The molecule has 98 valence electrons. The van der Waals surface area contributed by atoms with Gasteiger partial charge in [-0.2, -0.15) is 0 Å². The summed E-state index contributed by atoms with van der Waals surface area (Å²) in [5.74, 6) is 4.72. The van der Waals surface area contributed by atoms with Gasteiger partial charge >= 0.3 is 5.69 Å². The van der Waals surface area contributed by atoms with Gasteiger partial charge in [0.05, 0.1) is 12.6 Å². The number of nitrogens with zero attached hydrogens (tertiary/aromatic N) is 2. The van der Waals surface area contributed by atoms with E-state index in [1.807, 2.05) is 6.92 Å². The zero-order valence-corrected chi connectivity index (χ0v) is 10.1. The van der Waals surface area contributed by atoms with Crippen LogP contribution in [-0.2, 0) is 16.1 Å². The van der Waals surface area contributed by atoms with Gasteiger partial charge in [0.1, 0.15) is 6.10 Å². The van der Waals surface area contributed by atoms with Crippen LogP contribution >= 0.6 is 0 Å². The molecule has 0 saturated carbocycles. The fraction of sp³-hybridized carbons (Fsp3) is 0.545. The van der Waals surface area contributed by atoms with E-state index in [0.29, 0.717) is 13.0 Å². The van der Waals surface area contributed by atoms with Crippen molar-refractivity contribution in [1.29, 1.82) is 0 Å². The third kappa shape index (κ3) is 2.74. The van der Waals surface area contributed by atoms with Crippen LogP contribution in [0.4, 0.5) is 0 Å². The van der Waals surface area contributed by atoms with E-state index in [9.17, 15) is 9.59 Å². The van der Waals surface area contributed by atoms with Gasteiger partial charge in [-0.25, -0.2) is 15.6 Å². The second-order valence-electron chi connectivity index (χ2n) is 4.40. The van der Waals surface area contributed by atoms with E-state index >= 15 is 0 Å². The number of aromatic nitrogens is 2. The molecule has 7 nitrogen and oxygen atoms in total. The molecule has 1 aliphatic heterocycles. The van der Waals surface area contributed by atoms with Crippen LogP contribution in [0.1, 0.15) is 18.4 Å². The average molecular weight is 252 g/mol. The first-order chi connectivity index (χ1) is 8.60. The highest BCUT2D eigenvalue weighted by molar-refractivity contribution is 5.80. The quantitative estimate of drug-likeness (QED) is 0.412. The van der Waals surface area contributed by atoms with E-state index in [2.05, 4.69) is 10.4 Å². The molecule has 1 saturated heterocycles. The van der Waals surface area contributed by atoms with Crippen molar-refractivity contribution in [3.63, 3.8) is 0 Å². The van der Waals surface area contributed by atoms with Crippen LogP contribution in [-0.4, -0.2) is 27.7 Å². The van der Waals surface area contributed by atoms with Gasteiger partial charge in [0.15, 0.2) is 0 Å². The normalized spacial score (nSPS) is 23.0. The molecule has 0 aromatic carbocycles. The maximum Gasteiger partial charge on any atom is 0.347 e. The lowest BCUT2D eigenvalue weighted by Gasteiger charge is -2.13. The van der Waals surface area contributed by atoms with Gasteiger partial charge in [0.2, 0.25) is 0 Å². The third-order valence-corrected chi connectivity index (χ3v) is 2.93. The first kappa shape index (κ1) is 12.7. The number of carbonyl (C=O) groups is 1. The minimum atomic E-state index is -0.520. The Bertz CT molecular complexity index is 499. The molecule has 1 amide bonds. The van der Waals surface area contributed by atoms with Crippen LogP contribution < -0.4 is 17.0 Å². The Morgan fingerprint density at radius 2 is 2.44 bits per heavy atom. The molecule has 1 fully saturated rings. The summed E-state index contributed by atoms with van der Waals surface area (Å²) in [6.45, 7) is 2.27. The van der Waals surface area contributed by atoms with E-state index in [1.165, 1.54) is 10.8 Å². The number of aryl methyl sites for hydroxylation is 1. The van der Waals surface area contributed by atoms with Crippen LogP contribution in [0.25, 0.3) is 0 Å². The molecular weight excluding hydrogens is 236 g/mol. The van der Waals surface area contributed by atoms with Gasteiger partial charge in [-0.05, 0) is 25.3 Å². The monoisotopic (exact) mass is 252 g/mol. The number of nitrogens with two attached hydrogens (primary N) is 1. The van der Waals surface area contributed by atoms with Gasteiger partial charge in [-0.1, -0.05) is 0 Å². The van der Waals surface area contributed by atoms with Crippen LogP contribution in [0, 0.1) is 6.92 Å².